The van der Waals surface area contributed by atoms with Crippen LogP contribution in [-0.4, -0.2) is 18.6 Å². The minimum Gasteiger partial charge on any atom is -0.487 e. The van der Waals surface area contributed by atoms with Gasteiger partial charge in [0.05, 0.1) is 18.0 Å². The second kappa shape index (κ2) is 8.44. The highest BCUT2D eigenvalue weighted by Crippen LogP contribution is 2.24. The van der Waals surface area contributed by atoms with Crippen LogP contribution < -0.4 is 15.8 Å². The molecule has 2 aromatic carbocycles. The number of nitrogens with two attached hydrogens (primary N) is 1. The van der Waals surface area contributed by atoms with Crippen molar-refractivity contribution in [2.24, 2.45) is 0 Å². The van der Waals surface area contributed by atoms with Gasteiger partial charge in [-0.25, -0.2) is 0 Å². The van der Waals surface area contributed by atoms with Gasteiger partial charge in [-0.3, -0.25) is 4.79 Å². The Morgan fingerprint density at radius 1 is 1.22 bits per heavy atom. The summed E-state index contributed by atoms with van der Waals surface area (Å²) in [6.07, 6.45) is 0.973. The molecule has 0 saturated heterocycles. The maximum atomic E-state index is 12.0. The Balaban J connectivity index is 1.84. The molecular weight excluding hydrogens is 312 g/mol. The molecule has 1 amide bonds. The molecule has 0 fully saturated rings. The first-order chi connectivity index (χ1) is 11.1. The Bertz CT molecular complexity index is 644. The van der Waals surface area contributed by atoms with Gasteiger partial charge in [-0.2, -0.15) is 0 Å². The summed E-state index contributed by atoms with van der Waals surface area (Å²) in [5.74, 6) is 0.588. The molecule has 1 unspecified atom stereocenters. The lowest BCUT2D eigenvalue weighted by Crippen LogP contribution is -2.35. The smallest absolute Gasteiger partial charge is 0.224 e. The van der Waals surface area contributed by atoms with Crippen LogP contribution in [0.5, 0.6) is 5.75 Å². The van der Waals surface area contributed by atoms with Gasteiger partial charge < -0.3 is 15.8 Å². The minimum absolute atomic E-state index is 0.0454. The van der Waals surface area contributed by atoms with Crippen LogP contribution in [0.3, 0.4) is 0 Å². The Morgan fingerprint density at radius 3 is 2.57 bits per heavy atom. The van der Waals surface area contributed by atoms with Gasteiger partial charge in [0.1, 0.15) is 11.9 Å². The van der Waals surface area contributed by atoms with Crippen molar-refractivity contribution in [1.29, 1.82) is 0 Å². The lowest BCUT2D eigenvalue weighted by molar-refractivity contribution is -0.120. The van der Waals surface area contributed by atoms with E-state index >= 15 is 0 Å². The van der Waals surface area contributed by atoms with E-state index in [4.69, 9.17) is 22.1 Å². The molecule has 0 aliphatic heterocycles. The molecule has 5 heteroatoms. The molecule has 0 radical (unpaired) electrons. The van der Waals surface area contributed by atoms with E-state index in [0.717, 1.165) is 12.0 Å². The highest BCUT2D eigenvalue weighted by Gasteiger charge is 2.12. The normalized spacial score (nSPS) is 11.7. The first kappa shape index (κ1) is 17.2. The number of para-hydroxylation sites is 1. The number of halogens is 1. The van der Waals surface area contributed by atoms with Crippen LogP contribution in [0, 0.1) is 0 Å². The molecule has 1 atom stereocenters. The number of hydrogen-bond donors (Lipinski definition) is 2. The number of carbonyl (C=O) groups excluding carboxylic acids is 1. The third-order valence-electron chi connectivity index (χ3n) is 3.46. The zero-order valence-electron chi connectivity index (χ0n) is 13.1. The van der Waals surface area contributed by atoms with Crippen molar-refractivity contribution in [3.8, 4) is 5.75 Å². The lowest BCUT2D eigenvalue weighted by atomic mass is 10.1. The van der Waals surface area contributed by atoms with Gasteiger partial charge in [-0.1, -0.05) is 42.8 Å². The fourth-order valence-electron chi connectivity index (χ4n) is 2.10. The van der Waals surface area contributed by atoms with Crippen LogP contribution in [-0.2, 0) is 11.2 Å². The summed E-state index contributed by atoms with van der Waals surface area (Å²) in [5.41, 5.74) is 7.25. The quantitative estimate of drug-likeness (QED) is 0.763. The molecule has 3 N–H and O–H groups in total. The van der Waals surface area contributed by atoms with E-state index in [-0.39, 0.29) is 12.0 Å². The van der Waals surface area contributed by atoms with E-state index < -0.39 is 0 Å². The molecule has 0 aliphatic rings. The highest BCUT2D eigenvalue weighted by molar-refractivity contribution is 6.32. The van der Waals surface area contributed by atoms with Crippen molar-refractivity contribution in [3.05, 3.63) is 59.1 Å². The Hall–Kier alpha value is -2.20. The molecule has 0 aromatic heterocycles. The number of nitrogen functional groups attached to an aromatic ring is 1. The van der Waals surface area contributed by atoms with E-state index in [2.05, 4.69) is 5.32 Å². The van der Waals surface area contributed by atoms with Crippen molar-refractivity contribution in [2.75, 3.05) is 12.3 Å². The molecule has 122 valence electrons. The Kier molecular flexibility index (Phi) is 6.29. The fraction of sp³-hybridized carbons (Fsp3) is 0.278. The van der Waals surface area contributed by atoms with Crippen molar-refractivity contribution < 1.29 is 9.53 Å². The molecule has 4 nitrogen and oxygen atoms in total. The van der Waals surface area contributed by atoms with Crippen LogP contribution in [0.1, 0.15) is 18.9 Å². The minimum atomic E-state index is -0.120. The molecule has 0 aliphatic carbocycles. The van der Waals surface area contributed by atoms with Gasteiger partial charge in [0.25, 0.3) is 0 Å². The molecule has 0 saturated carbocycles. The maximum absolute atomic E-state index is 12.0. The van der Waals surface area contributed by atoms with Crippen LogP contribution in [0.25, 0.3) is 0 Å². The van der Waals surface area contributed by atoms with Crippen molar-refractivity contribution in [1.82, 2.24) is 5.32 Å². The van der Waals surface area contributed by atoms with Gasteiger partial charge in [0.15, 0.2) is 0 Å². The summed E-state index contributed by atoms with van der Waals surface area (Å²) in [5, 5.41) is 3.47. The summed E-state index contributed by atoms with van der Waals surface area (Å²) >= 11 is 6.09. The van der Waals surface area contributed by atoms with E-state index in [1.807, 2.05) is 37.3 Å². The summed E-state index contributed by atoms with van der Waals surface area (Å²) in [4.78, 5) is 12.0. The summed E-state index contributed by atoms with van der Waals surface area (Å²) < 4.78 is 5.85. The predicted molar refractivity (Wildman–Crippen MR) is 93.7 cm³/mol. The van der Waals surface area contributed by atoms with Crippen LogP contribution in [0.4, 0.5) is 5.69 Å². The molecule has 2 rings (SSSR count). The van der Waals surface area contributed by atoms with Crippen LogP contribution in [0.15, 0.2) is 48.5 Å². The van der Waals surface area contributed by atoms with Gasteiger partial charge in [0, 0.05) is 5.69 Å². The lowest BCUT2D eigenvalue weighted by Gasteiger charge is -2.19. The number of anilines is 1. The average Bonchev–Trinajstić information content (AvgIpc) is 2.55. The third kappa shape index (κ3) is 5.49. The number of ether oxygens (including phenoxy) is 1. The van der Waals surface area contributed by atoms with E-state index in [9.17, 15) is 4.79 Å². The SMILES string of the molecule is CCC(CNC(=O)Cc1ccc(N)cc1)Oc1ccccc1Cl. The van der Waals surface area contributed by atoms with E-state index in [1.165, 1.54) is 0 Å². The molecule has 23 heavy (non-hydrogen) atoms. The average molecular weight is 333 g/mol. The Labute approximate surface area is 141 Å². The number of benzene rings is 2. The monoisotopic (exact) mass is 332 g/mol. The molecule has 0 spiro atoms. The van der Waals surface area contributed by atoms with Gasteiger partial charge in [-0.15, -0.1) is 0 Å². The van der Waals surface area contributed by atoms with Crippen LogP contribution >= 0.6 is 11.6 Å². The van der Waals surface area contributed by atoms with Gasteiger partial charge in [0.2, 0.25) is 5.91 Å². The summed E-state index contributed by atoms with van der Waals surface area (Å²) in [7, 11) is 0. The van der Waals surface area contributed by atoms with Gasteiger partial charge in [-0.05, 0) is 36.2 Å². The third-order valence-corrected chi connectivity index (χ3v) is 3.77. The van der Waals surface area contributed by atoms with Crippen molar-refractivity contribution in [2.45, 2.75) is 25.9 Å². The predicted octanol–water partition coefficient (Wildman–Crippen LogP) is 3.44. The maximum Gasteiger partial charge on any atom is 0.224 e. The topological polar surface area (TPSA) is 64.4 Å². The number of nitrogens with one attached hydrogen (secondary N) is 1. The first-order valence-corrected chi connectivity index (χ1v) is 7.98. The summed E-state index contributed by atoms with van der Waals surface area (Å²) in [6.45, 7) is 2.45. The first-order valence-electron chi connectivity index (χ1n) is 7.60. The molecule has 2 aromatic rings. The zero-order valence-corrected chi connectivity index (χ0v) is 13.8. The summed E-state index contributed by atoms with van der Waals surface area (Å²) in [6, 6.07) is 14.6. The molecule has 0 bridgehead atoms. The largest absolute Gasteiger partial charge is 0.487 e. The highest BCUT2D eigenvalue weighted by atomic mass is 35.5. The van der Waals surface area contributed by atoms with Crippen molar-refractivity contribution in [3.63, 3.8) is 0 Å². The van der Waals surface area contributed by atoms with Crippen molar-refractivity contribution >= 4 is 23.2 Å². The number of hydrogen-bond acceptors (Lipinski definition) is 3. The number of rotatable bonds is 7. The van der Waals surface area contributed by atoms with E-state index in [0.29, 0.717) is 29.4 Å². The Morgan fingerprint density at radius 2 is 1.91 bits per heavy atom. The molecule has 0 heterocycles. The van der Waals surface area contributed by atoms with E-state index in [1.54, 1.807) is 18.2 Å². The fourth-order valence-corrected chi connectivity index (χ4v) is 2.28. The standard InChI is InChI=1S/C18H21ClN2O2/c1-2-15(23-17-6-4-3-5-16(17)19)12-21-18(22)11-13-7-9-14(20)10-8-13/h3-10,15H,2,11-12,20H2,1H3,(H,21,22). The number of carbonyl (C=O) groups is 1. The number of amides is 1. The second-order valence-corrected chi connectivity index (χ2v) is 5.71. The second-order valence-electron chi connectivity index (χ2n) is 5.30. The van der Waals surface area contributed by atoms with Crippen LogP contribution in [0.2, 0.25) is 5.02 Å². The zero-order chi connectivity index (χ0) is 16.7. The molecular formula is C18H21ClN2O2. The van der Waals surface area contributed by atoms with Gasteiger partial charge >= 0.3 is 0 Å².